The maximum atomic E-state index is 12.5. The minimum absolute atomic E-state index is 0.0434. The topological polar surface area (TPSA) is 73.0 Å². The van der Waals surface area contributed by atoms with E-state index >= 15 is 0 Å². The third-order valence-corrected chi connectivity index (χ3v) is 6.96. The van der Waals surface area contributed by atoms with Gasteiger partial charge in [-0.1, -0.05) is 36.0 Å². The van der Waals surface area contributed by atoms with E-state index in [1.165, 1.54) is 16.6 Å². The Labute approximate surface area is 182 Å². The summed E-state index contributed by atoms with van der Waals surface area (Å²) >= 11 is 3.18. The SMILES string of the molecule is CC(NC(=O)CSc1nnc(Cc2cccs2)n1C1CC1)c1cc2ccccc2o1. The van der Waals surface area contributed by atoms with E-state index in [0.29, 0.717) is 11.8 Å². The molecule has 1 unspecified atom stereocenters. The summed E-state index contributed by atoms with van der Waals surface area (Å²) in [7, 11) is 0. The molecule has 3 heterocycles. The quantitative estimate of drug-likeness (QED) is 0.393. The van der Waals surface area contributed by atoms with Crippen molar-refractivity contribution in [3.8, 4) is 0 Å². The molecule has 1 fully saturated rings. The van der Waals surface area contributed by atoms with E-state index in [0.717, 1.165) is 47.0 Å². The summed E-state index contributed by atoms with van der Waals surface area (Å²) in [6.07, 6.45) is 3.09. The fraction of sp³-hybridized carbons (Fsp3) is 0.318. The van der Waals surface area contributed by atoms with E-state index < -0.39 is 0 Å². The molecule has 0 aliphatic heterocycles. The van der Waals surface area contributed by atoms with Crippen LogP contribution in [0.1, 0.15) is 48.3 Å². The number of hydrogen-bond donors (Lipinski definition) is 1. The molecule has 1 aliphatic carbocycles. The van der Waals surface area contributed by atoms with Gasteiger partial charge in [-0.3, -0.25) is 4.79 Å². The van der Waals surface area contributed by atoms with Crippen molar-refractivity contribution in [3.63, 3.8) is 0 Å². The van der Waals surface area contributed by atoms with Crippen molar-refractivity contribution >= 4 is 40.0 Å². The molecule has 0 bridgehead atoms. The number of carbonyl (C=O) groups is 1. The third kappa shape index (κ3) is 4.15. The standard InChI is InChI=1S/C22H22N4O2S2/c1-14(19-11-15-5-2-3-7-18(15)28-19)23-21(27)13-30-22-25-24-20(26(22)16-8-9-16)12-17-6-4-10-29-17/h2-7,10-11,14,16H,8-9,12-13H2,1H3,(H,23,27). The Bertz CT molecular complexity index is 1130. The fourth-order valence-corrected chi connectivity index (χ4v) is 5.03. The first-order valence-electron chi connectivity index (χ1n) is 10.0. The molecule has 8 heteroatoms. The first-order valence-corrected chi connectivity index (χ1v) is 11.9. The highest BCUT2D eigenvalue weighted by atomic mass is 32.2. The van der Waals surface area contributed by atoms with Crippen LogP contribution in [-0.2, 0) is 11.2 Å². The smallest absolute Gasteiger partial charge is 0.231 e. The van der Waals surface area contributed by atoms with Crippen LogP contribution in [0, 0.1) is 0 Å². The Kier molecular flexibility index (Phi) is 5.35. The van der Waals surface area contributed by atoms with Crippen molar-refractivity contribution < 1.29 is 9.21 Å². The van der Waals surface area contributed by atoms with Gasteiger partial charge in [0.2, 0.25) is 5.91 Å². The number of rotatable bonds is 8. The van der Waals surface area contributed by atoms with Crippen molar-refractivity contribution in [1.82, 2.24) is 20.1 Å². The lowest BCUT2D eigenvalue weighted by atomic mass is 10.2. The molecule has 5 rings (SSSR count). The molecule has 1 saturated carbocycles. The number of benzene rings is 1. The average molecular weight is 439 g/mol. The summed E-state index contributed by atoms with van der Waals surface area (Å²) in [4.78, 5) is 13.8. The predicted octanol–water partition coefficient (Wildman–Crippen LogP) is 4.98. The molecular formula is C22H22N4O2S2. The van der Waals surface area contributed by atoms with Crippen LogP contribution < -0.4 is 5.32 Å². The number of fused-ring (bicyclic) bond motifs is 1. The molecule has 0 saturated heterocycles. The normalized spacial score (nSPS) is 14.8. The summed E-state index contributed by atoms with van der Waals surface area (Å²) in [5.41, 5.74) is 0.832. The number of amides is 1. The molecule has 1 aromatic carbocycles. The van der Waals surface area contributed by atoms with E-state index in [9.17, 15) is 4.79 Å². The lowest BCUT2D eigenvalue weighted by molar-refractivity contribution is -0.119. The second kappa shape index (κ2) is 8.28. The van der Waals surface area contributed by atoms with Crippen LogP contribution in [0.25, 0.3) is 11.0 Å². The van der Waals surface area contributed by atoms with E-state index in [1.807, 2.05) is 37.3 Å². The highest BCUT2D eigenvalue weighted by Crippen LogP contribution is 2.39. The Morgan fingerprint density at radius 2 is 2.17 bits per heavy atom. The van der Waals surface area contributed by atoms with Gasteiger partial charge in [-0.2, -0.15) is 0 Å². The molecule has 0 spiro atoms. The highest BCUT2D eigenvalue weighted by Gasteiger charge is 2.30. The number of furan rings is 1. The van der Waals surface area contributed by atoms with Gasteiger partial charge in [-0.15, -0.1) is 21.5 Å². The minimum Gasteiger partial charge on any atom is -0.459 e. The van der Waals surface area contributed by atoms with E-state index in [4.69, 9.17) is 4.42 Å². The zero-order valence-corrected chi connectivity index (χ0v) is 18.2. The van der Waals surface area contributed by atoms with Crippen LogP contribution in [0.5, 0.6) is 0 Å². The van der Waals surface area contributed by atoms with Gasteiger partial charge in [-0.05, 0) is 43.3 Å². The first kappa shape index (κ1) is 19.4. The van der Waals surface area contributed by atoms with Gasteiger partial charge in [0.25, 0.3) is 0 Å². The monoisotopic (exact) mass is 438 g/mol. The summed E-state index contributed by atoms with van der Waals surface area (Å²) in [6, 6.07) is 14.3. The van der Waals surface area contributed by atoms with Crippen LogP contribution in [0.3, 0.4) is 0 Å². The summed E-state index contributed by atoms with van der Waals surface area (Å²) in [6.45, 7) is 1.94. The van der Waals surface area contributed by atoms with E-state index in [2.05, 4.69) is 37.6 Å². The molecule has 6 nitrogen and oxygen atoms in total. The van der Waals surface area contributed by atoms with Gasteiger partial charge >= 0.3 is 0 Å². The molecular weight excluding hydrogens is 416 g/mol. The molecule has 1 aliphatic rings. The molecule has 154 valence electrons. The van der Waals surface area contributed by atoms with Gasteiger partial charge in [0.1, 0.15) is 17.2 Å². The zero-order valence-electron chi connectivity index (χ0n) is 16.6. The van der Waals surface area contributed by atoms with Crippen LogP contribution in [0.2, 0.25) is 0 Å². The number of hydrogen-bond acceptors (Lipinski definition) is 6. The average Bonchev–Trinajstić information content (AvgIpc) is 3.15. The summed E-state index contributed by atoms with van der Waals surface area (Å²) in [5, 5.41) is 15.8. The van der Waals surface area contributed by atoms with Gasteiger partial charge in [-0.25, -0.2) is 0 Å². The van der Waals surface area contributed by atoms with Gasteiger partial charge in [0.05, 0.1) is 11.8 Å². The van der Waals surface area contributed by atoms with Crippen LogP contribution in [0.4, 0.5) is 0 Å². The molecule has 3 aromatic heterocycles. The molecule has 1 N–H and O–H groups in total. The van der Waals surface area contributed by atoms with Crippen molar-refractivity contribution in [3.05, 3.63) is 64.3 Å². The molecule has 30 heavy (non-hydrogen) atoms. The molecule has 0 radical (unpaired) electrons. The Morgan fingerprint density at radius 1 is 1.30 bits per heavy atom. The maximum Gasteiger partial charge on any atom is 0.231 e. The fourth-order valence-electron chi connectivity index (χ4n) is 3.50. The Hall–Kier alpha value is -2.58. The van der Waals surface area contributed by atoms with Crippen molar-refractivity contribution in [1.29, 1.82) is 0 Å². The van der Waals surface area contributed by atoms with Crippen molar-refractivity contribution in [2.45, 2.75) is 43.4 Å². The van der Waals surface area contributed by atoms with E-state index in [-0.39, 0.29) is 11.9 Å². The minimum atomic E-state index is -0.193. The van der Waals surface area contributed by atoms with Gasteiger partial charge in [0.15, 0.2) is 5.16 Å². The van der Waals surface area contributed by atoms with Crippen molar-refractivity contribution in [2.24, 2.45) is 0 Å². The van der Waals surface area contributed by atoms with Crippen LogP contribution >= 0.6 is 23.1 Å². The van der Waals surface area contributed by atoms with Crippen LogP contribution in [-0.4, -0.2) is 26.4 Å². The lowest BCUT2D eigenvalue weighted by Gasteiger charge is -2.12. The van der Waals surface area contributed by atoms with Crippen molar-refractivity contribution in [2.75, 3.05) is 5.75 Å². The Balaban J connectivity index is 1.22. The number of aromatic nitrogens is 3. The molecule has 1 amide bonds. The highest BCUT2D eigenvalue weighted by molar-refractivity contribution is 7.99. The number of thioether (sulfide) groups is 1. The van der Waals surface area contributed by atoms with E-state index in [1.54, 1.807) is 11.3 Å². The Morgan fingerprint density at radius 3 is 2.93 bits per heavy atom. The lowest BCUT2D eigenvalue weighted by Crippen LogP contribution is -2.28. The second-order valence-corrected chi connectivity index (χ2v) is 9.50. The third-order valence-electron chi connectivity index (χ3n) is 5.14. The molecule has 4 aromatic rings. The van der Waals surface area contributed by atoms with Gasteiger partial charge < -0.3 is 14.3 Å². The summed E-state index contributed by atoms with van der Waals surface area (Å²) in [5.74, 6) is 2.00. The zero-order chi connectivity index (χ0) is 20.5. The first-order chi connectivity index (χ1) is 14.7. The maximum absolute atomic E-state index is 12.5. The number of para-hydroxylation sites is 1. The second-order valence-electron chi connectivity index (χ2n) is 7.52. The number of nitrogens with one attached hydrogen (secondary N) is 1. The number of carbonyl (C=O) groups excluding carboxylic acids is 1. The molecule has 1 atom stereocenters. The predicted molar refractivity (Wildman–Crippen MR) is 119 cm³/mol. The van der Waals surface area contributed by atoms with Crippen LogP contribution in [0.15, 0.2) is 57.4 Å². The van der Waals surface area contributed by atoms with Gasteiger partial charge in [0, 0.05) is 22.7 Å². The largest absolute Gasteiger partial charge is 0.459 e. The number of nitrogens with zero attached hydrogens (tertiary/aromatic N) is 3. The summed E-state index contributed by atoms with van der Waals surface area (Å²) < 4.78 is 8.08. The number of thiophene rings is 1.